The van der Waals surface area contributed by atoms with Crippen LogP contribution in [0.2, 0.25) is 0 Å². The summed E-state index contributed by atoms with van der Waals surface area (Å²) in [5.74, 6) is 0.130. The van der Waals surface area contributed by atoms with Gasteiger partial charge in [-0.3, -0.25) is 4.79 Å². The van der Waals surface area contributed by atoms with E-state index in [4.69, 9.17) is 5.11 Å². The summed E-state index contributed by atoms with van der Waals surface area (Å²) in [6.45, 7) is 2.67. The molecule has 0 aromatic carbocycles. The van der Waals surface area contributed by atoms with Crippen LogP contribution in [0.15, 0.2) is 0 Å². The fourth-order valence-electron chi connectivity index (χ4n) is 2.36. The van der Waals surface area contributed by atoms with Crippen LogP contribution in [0.25, 0.3) is 0 Å². The number of hydrogen-bond acceptors (Lipinski definition) is 2. The quantitative estimate of drug-likeness (QED) is 0.791. The van der Waals surface area contributed by atoms with Gasteiger partial charge in [0.05, 0.1) is 0 Å². The van der Waals surface area contributed by atoms with E-state index in [9.17, 15) is 9.59 Å². The van der Waals surface area contributed by atoms with Crippen LogP contribution in [-0.4, -0.2) is 34.5 Å². The Kier molecular flexibility index (Phi) is 3.17. The Morgan fingerprint density at radius 1 is 1.31 bits per heavy atom. The molecule has 1 aliphatic carbocycles. The van der Waals surface area contributed by atoms with E-state index in [1.54, 1.807) is 4.90 Å². The van der Waals surface area contributed by atoms with Crippen LogP contribution in [0.3, 0.4) is 0 Å². The molecule has 90 valence electrons. The Morgan fingerprint density at radius 2 is 2.00 bits per heavy atom. The largest absolute Gasteiger partial charge is 0.480 e. The number of likely N-dealkylation sites (tertiary alicyclic amines) is 1. The van der Waals surface area contributed by atoms with Crippen molar-refractivity contribution in [2.75, 3.05) is 6.54 Å². The molecule has 1 heterocycles. The summed E-state index contributed by atoms with van der Waals surface area (Å²) < 4.78 is 0. The van der Waals surface area contributed by atoms with Crippen molar-refractivity contribution in [2.24, 2.45) is 11.8 Å². The smallest absolute Gasteiger partial charge is 0.326 e. The van der Waals surface area contributed by atoms with Crippen LogP contribution >= 0.6 is 0 Å². The van der Waals surface area contributed by atoms with Gasteiger partial charge in [0.1, 0.15) is 6.04 Å². The average Bonchev–Trinajstić information content (AvgIpc) is 3.01. The predicted molar refractivity (Wildman–Crippen MR) is 58.9 cm³/mol. The third-order valence-corrected chi connectivity index (χ3v) is 3.63. The lowest BCUT2D eigenvalue weighted by Gasteiger charge is -2.36. The van der Waals surface area contributed by atoms with Crippen molar-refractivity contribution >= 4 is 11.9 Å². The van der Waals surface area contributed by atoms with Gasteiger partial charge in [0.25, 0.3) is 0 Å². The number of carboxylic acids is 1. The Hall–Kier alpha value is -1.06. The van der Waals surface area contributed by atoms with Crippen molar-refractivity contribution in [2.45, 2.75) is 45.1 Å². The lowest BCUT2D eigenvalue weighted by molar-refractivity contribution is -0.153. The summed E-state index contributed by atoms with van der Waals surface area (Å²) in [6.07, 6.45) is 4.35. The van der Waals surface area contributed by atoms with E-state index in [0.717, 1.165) is 19.3 Å². The number of amides is 1. The second-order valence-corrected chi connectivity index (χ2v) is 5.22. The number of rotatable bonds is 3. The van der Waals surface area contributed by atoms with Gasteiger partial charge >= 0.3 is 5.97 Å². The number of carbonyl (C=O) groups is 2. The first-order chi connectivity index (χ1) is 7.58. The third kappa shape index (κ3) is 2.54. The van der Waals surface area contributed by atoms with Gasteiger partial charge in [-0.2, -0.15) is 0 Å². The molecule has 1 N–H and O–H groups in total. The first kappa shape index (κ1) is 11.4. The highest BCUT2D eigenvalue weighted by atomic mass is 16.4. The maximum absolute atomic E-state index is 11.9. The maximum atomic E-state index is 11.9. The molecule has 0 aromatic rings. The highest BCUT2D eigenvalue weighted by molar-refractivity contribution is 5.84. The van der Waals surface area contributed by atoms with Gasteiger partial charge in [-0.25, -0.2) is 4.79 Å². The van der Waals surface area contributed by atoms with Crippen molar-refractivity contribution in [1.82, 2.24) is 4.90 Å². The van der Waals surface area contributed by atoms with Crippen LogP contribution in [0.1, 0.15) is 39.0 Å². The van der Waals surface area contributed by atoms with E-state index < -0.39 is 12.0 Å². The first-order valence-corrected chi connectivity index (χ1v) is 6.10. The zero-order valence-corrected chi connectivity index (χ0v) is 9.69. The number of carbonyl (C=O) groups excluding carboxylic acids is 1. The number of aliphatic carboxylic acids is 1. The van der Waals surface area contributed by atoms with Crippen molar-refractivity contribution in [3.05, 3.63) is 0 Å². The van der Waals surface area contributed by atoms with Gasteiger partial charge in [-0.15, -0.1) is 0 Å². The topological polar surface area (TPSA) is 57.6 Å². The van der Waals surface area contributed by atoms with E-state index in [2.05, 4.69) is 6.92 Å². The molecule has 1 saturated carbocycles. The lowest BCUT2D eigenvalue weighted by Crippen LogP contribution is -2.49. The summed E-state index contributed by atoms with van der Waals surface area (Å²) in [5, 5.41) is 9.13. The zero-order valence-electron chi connectivity index (χ0n) is 9.69. The molecule has 0 radical (unpaired) electrons. The molecular formula is C12H19NO3. The number of nitrogens with zero attached hydrogens (tertiary/aromatic N) is 1. The van der Waals surface area contributed by atoms with Crippen molar-refractivity contribution in [1.29, 1.82) is 0 Å². The molecule has 2 fully saturated rings. The summed E-state index contributed by atoms with van der Waals surface area (Å²) in [7, 11) is 0. The van der Waals surface area contributed by atoms with E-state index >= 15 is 0 Å². The molecule has 4 heteroatoms. The molecule has 4 nitrogen and oxygen atoms in total. The molecule has 2 aliphatic rings. The molecule has 2 unspecified atom stereocenters. The monoisotopic (exact) mass is 225 g/mol. The first-order valence-electron chi connectivity index (χ1n) is 6.10. The van der Waals surface area contributed by atoms with Crippen LogP contribution in [0.4, 0.5) is 0 Å². The molecule has 16 heavy (non-hydrogen) atoms. The Bertz CT molecular complexity index is 299. The SMILES string of the molecule is CC1CCN(C(=O)CC2CC2)C(C(=O)O)C1. The highest BCUT2D eigenvalue weighted by Crippen LogP contribution is 2.34. The van der Waals surface area contributed by atoms with Gasteiger partial charge in [0, 0.05) is 13.0 Å². The van der Waals surface area contributed by atoms with Crippen LogP contribution < -0.4 is 0 Å². The molecule has 0 spiro atoms. The third-order valence-electron chi connectivity index (χ3n) is 3.63. The van der Waals surface area contributed by atoms with Crippen molar-refractivity contribution in [3.63, 3.8) is 0 Å². The Morgan fingerprint density at radius 3 is 2.56 bits per heavy atom. The number of carboxylic acid groups (broad SMARTS) is 1. The highest BCUT2D eigenvalue weighted by Gasteiger charge is 2.36. The molecular weight excluding hydrogens is 206 g/mol. The van der Waals surface area contributed by atoms with Crippen molar-refractivity contribution in [3.8, 4) is 0 Å². The van der Waals surface area contributed by atoms with Gasteiger partial charge < -0.3 is 10.0 Å². The predicted octanol–water partition coefficient (Wildman–Crippen LogP) is 1.50. The van der Waals surface area contributed by atoms with Crippen LogP contribution in [0.5, 0.6) is 0 Å². The summed E-state index contributed by atoms with van der Waals surface area (Å²) in [6, 6.07) is -0.588. The standard InChI is InChI=1S/C12H19NO3/c1-8-4-5-13(10(6-8)12(15)16)11(14)7-9-2-3-9/h8-10H,2-7H2,1H3,(H,15,16). The molecule has 2 rings (SSSR count). The van der Waals surface area contributed by atoms with Crippen LogP contribution in [-0.2, 0) is 9.59 Å². The zero-order chi connectivity index (χ0) is 11.7. The second-order valence-electron chi connectivity index (χ2n) is 5.22. The molecule has 2 atom stereocenters. The van der Waals surface area contributed by atoms with E-state index in [-0.39, 0.29) is 5.91 Å². The molecule has 1 saturated heterocycles. The normalized spacial score (nSPS) is 30.2. The number of hydrogen-bond donors (Lipinski definition) is 1. The fourth-order valence-corrected chi connectivity index (χ4v) is 2.36. The summed E-state index contributed by atoms with van der Waals surface area (Å²) in [4.78, 5) is 24.6. The Labute approximate surface area is 95.6 Å². The van der Waals surface area contributed by atoms with Crippen LogP contribution in [0, 0.1) is 11.8 Å². The lowest BCUT2D eigenvalue weighted by atomic mass is 9.92. The van der Waals surface area contributed by atoms with Gasteiger partial charge in [0.15, 0.2) is 0 Å². The van der Waals surface area contributed by atoms with E-state index in [0.29, 0.717) is 31.2 Å². The molecule has 0 aromatic heterocycles. The fraction of sp³-hybridized carbons (Fsp3) is 0.833. The summed E-state index contributed by atoms with van der Waals surface area (Å²) in [5.41, 5.74) is 0. The minimum absolute atomic E-state index is 0.0433. The Balaban J connectivity index is 1.98. The molecule has 0 bridgehead atoms. The summed E-state index contributed by atoms with van der Waals surface area (Å²) >= 11 is 0. The van der Waals surface area contributed by atoms with Crippen molar-refractivity contribution < 1.29 is 14.7 Å². The number of piperidine rings is 1. The second kappa shape index (κ2) is 4.44. The maximum Gasteiger partial charge on any atom is 0.326 e. The van der Waals surface area contributed by atoms with Gasteiger partial charge in [-0.05, 0) is 37.5 Å². The van der Waals surface area contributed by atoms with Gasteiger partial charge in [0.2, 0.25) is 5.91 Å². The molecule has 1 amide bonds. The minimum atomic E-state index is -0.851. The van der Waals surface area contributed by atoms with Gasteiger partial charge in [-0.1, -0.05) is 6.92 Å². The average molecular weight is 225 g/mol. The molecule has 1 aliphatic heterocycles. The van der Waals surface area contributed by atoms with E-state index in [1.165, 1.54) is 0 Å². The minimum Gasteiger partial charge on any atom is -0.480 e. The van der Waals surface area contributed by atoms with E-state index in [1.807, 2.05) is 0 Å².